The summed E-state index contributed by atoms with van der Waals surface area (Å²) in [5.41, 5.74) is 0.755. The molecule has 0 aromatic carbocycles. The van der Waals surface area contributed by atoms with Gasteiger partial charge < -0.3 is 14.6 Å². The maximum absolute atomic E-state index is 10.5. The molecule has 4 nitrogen and oxygen atoms in total. The number of nitrogens with zero attached hydrogens (tertiary/aromatic N) is 1. The zero-order valence-corrected chi connectivity index (χ0v) is 10.4. The normalized spacial score (nSPS) is 33.7. The summed E-state index contributed by atoms with van der Waals surface area (Å²) in [4.78, 5) is 4.07. The third-order valence-corrected chi connectivity index (χ3v) is 4.07. The minimum atomic E-state index is -0.444. The van der Waals surface area contributed by atoms with Gasteiger partial charge in [0.05, 0.1) is 18.3 Å². The lowest BCUT2D eigenvalue weighted by Crippen LogP contribution is -2.41. The van der Waals surface area contributed by atoms with Crippen LogP contribution >= 0.6 is 0 Å². The summed E-state index contributed by atoms with van der Waals surface area (Å²) >= 11 is 0. The largest absolute Gasteiger partial charge is 0.388 e. The minimum Gasteiger partial charge on any atom is -0.388 e. The van der Waals surface area contributed by atoms with Gasteiger partial charge in [-0.3, -0.25) is 4.98 Å². The van der Waals surface area contributed by atoms with Gasteiger partial charge >= 0.3 is 0 Å². The summed E-state index contributed by atoms with van der Waals surface area (Å²) in [6.45, 7) is 2.16. The Kier molecular flexibility index (Phi) is 3.33. The number of aliphatic hydroxyl groups excluding tert-OH is 1. The Labute approximate surface area is 107 Å². The minimum absolute atomic E-state index is 0.147. The van der Waals surface area contributed by atoms with E-state index in [9.17, 15) is 5.11 Å². The zero-order chi connectivity index (χ0) is 12.4. The van der Waals surface area contributed by atoms with Gasteiger partial charge in [-0.05, 0) is 30.4 Å². The summed E-state index contributed by atoms with van der Waals surface area (Å²) in [7, 11) is 0. The Hall–Kier alpha value is -0.970. The summed E-state index contributed by atoms with van der Waals surface area (Å²) in [5.74, 6) is 0.240. The number of pyridine rings is 1. The third-order valence-electron chi connectivity index (χ3n) is 4.07. The lowest BCUT2D eigenvalue weighted by molar-refractivity contribution is -0.117. The highest BCUT2D eigenvalue weighted by Crippen LogP contribution is 2.40. The van der Waals surface area contributed by atoms with Crippen molar-refractivity contribution in [3.8, 4) is 0 Å². The van der Waals surface area contributed by atoms with Crippen LogP contribution in [0.1, 0.15) is 30.9 Å². The van der Waals surface area contributed by atoms with Gasteiger partial charge in [0.15, 0.2) is 0 Å². The van der Waals surface area contributed by atoms with E-state index in [4.69, 9.17) is 9.47 Å². The van der Waals surface area contributed by atoms with E-state index in [-0.39, 0.29) is 11.5 Å². The molecule has 0 bridgehead atoms. The van der Waals surface area contributed by atoms with Crippen LogP contribution in [0.25, 0.3) is 0 Å². The molecule has 0 radical (unpaired) electrons. The Morgan fingerprint density at radius 2 is 2.39 bits per heavy atom. The maximum atomic E-state index is 10.5. The number of rotatable bonds is 2. The van der Waals surface area contributed by atoms with E-state index in [2.05, 4.69) is 4.98 Å². The van der Waals surface area contributed by atoms with Crippen molar-refractivity contribution in [1.82, 2.24) is 4.98 Å². The van der Waals surface area contributed by atoms with Crippen molar-refractivity contribution in [1.29, 1.82) is 0 Å². The number of aromatic nitrogens is 1. The van der Waals surface area contributed by atoms with Crippen LogP contribution in [-0.2, 0) is 9.47 Å². The molecule has 4 heteroatoms. The summed E-state index contributed by atoms with van der Waals surface area (Å²) in [5, 5.41) is 10.5. The van der Waals surface area contributed by atoms with E-state index in [0.717, 1.165) is 31.4 Å². The van der Waals surface area contributed by atoms with E-state index in [1.165, 1.54) is 0 Å². The summed E-state index contributed by atoms with van der Waals surface area (Å²) in [6.07, 6.45) is 5.76. The van der Waals surface area contributed by atoms with Crippen molar-refractivity contribution in [2.24, 2.45) is 5.92 Å². The van der Waals surface area contributed by atoms with Gasteiger partial charge in [-0.2, -0.15) is 0 Å². The molecule has 2 saturated heterocycles. The van der Waals surface area contributed by atoms with E-state index < -0.39 is 6.10 Å². The van der Waals surface area contributed by atoms with Gasteiger partial charge in [0.1, 0.15) is 0 Å². The fourth-order valence-corrected chi connectivity index (χ4v) is 3.02. The van der Waals surface area contributed by atoms with Crippen LogP contribution in [0.2, 0.25) is 0 Å². The molecule has 2 aliphatic rings. The van der Waals surface area contributed by atoms with Gasteiger partial charge in [0.2, 0.25) is 0 Å². The van der Waals surface area contributed by atoms with Crippen LogP contribution in [-0.4, -0.2) is 35.5 Å². The molecule has 0 saturated carbocycles. The van der Waals surface area contributed by atoms with Gasteiger partial charge in [-0.25, -0.2) is 0 Å². The van der Waals surface area contributed by atoms with Crippen LogP contribution in [0.5, 0.6) is 0 Å². The standard InChI is InChI=1S/C14H19NO3/c16-13(12-2-1-5-15-9-12)11-3-6-18-14(8-11)4-7-17-10-14/h1-2,5,9,11,13,16H,3-4,6-8,10H2. The van der Waals surface area contributed by atoms with Crippen LogP contribution in [0.3, 0.4) is 0 Å². The van der Waals surface area contributed by atoms with E-state index >= 15 is 0 Å². The quantitative estimate of drug-likeness (QED) is 0.866. The van der Waals surface area contributed by atoms with Crippen LogP contribution < -0.4 is 0 Å². The Morgan fingerprint density at radius 3 is 3.11 bits per heavy atom. The first kappa shape index (κ1) is 12.1. The SMILES string of the molecule is OC(c1cccnc1)C1CCOC2(CCOC2)C1. The molecule has 1 N–H and O–H groups in total. The second kappa shape index (κ2) is 4.96. The van der Waals surface area contributed by atoms with Gasteiger partial charge in [0, 0.05) is 32.0 Å². The number of hydrogen-bond acceptors (Lipinski definition) is 4. The fraction of sp³-hybridized carbons (Fsp3) is 0.643. The van der Waals surface area contributed by atoms with Crippen molar-refractivity contribution in [3.63, 3.8) is 0 Å². The van der Waals surface area contributed by atoms with Gasteiger partial charge in [0.25, 0.3) is 0 Å². The predicted molar refractivity (Wildman–Crippen MR) is 66.0 cm³/mol. The fourth-order valence-electron chi connectivity index (χ4n) is 3.02. The molecular weight excluding hydrogens is 230 g/mol. The smallest absolute Gasteiger partial charge is 0.0940 e. The molecule has 3 heterocycles. The highest BCUT2D eigenvalue weighted by Gasteiger charge is 2.42. The van der Waals surface area contributed by atoms with Crippen molar-refractivity contribution in [2.75, 3.05) is 19.8 Å². The van der Waals surface area contributed by atoms with Crippen LogP contribution in [0.4, 0.5) is 0 Å². The average molecular weight is 249 g/mol. The highest BCUT2D eigenvalue weighted by molar-refractivity contribution is 5.13. The average Bonchev–Trinajstić information content (AvgIpc) is 2.87. The second-order valence-corrected chi connectivity index (χ2v) is 5.32. The van der Waals surface area contributed by atoms with E-state index in [0.29, 0.717) is 13.2 Å². The van der Waals surface area contributed by atoms with Crippen molar-refractivity contribution < 1.29 is 14.6 Å². The van der Waals surface area contributed by atoms with Crippen LogP contribution in [0, 0.1) is 5.92 Å². The number of hydrogen-bond donors (Lipinski definition) is 1. The lowest BCUT2D eigenvalue weighted by atomic mass is 9.80. The molecule has 98 valence electrons. The Morgan fingerprint density at radius 1 is 1.44 bits per heavy atom. The monoisotopic (exact) mass is 249 g/mol. The molecule has 3 rings (SSSR count). The van der Waals surface area contributed by atoms with Crippen LogP contribution in [0.15, 0.2) is 24.5 Å². The molecule has 1 aromatic rings. The first-order valence-corrected chi connectivity index (χ1v) is 6.59. The Bertz CT molecular complexity index is 389. The van der Waals surface area contributed by atoms with Crippen molar-refractivity contribution >= 4 is 0 Å². The molecule has 18 heavy (non-hydrogen) atoms. The third kappa shape index (κ3) is 2.28. The molecule has 0 aliphatic carbocycles. The lowest BCUT2D eigenvalue weighted by Gasteiger charge is -2.39. The number of aliphatic hydroxyl groups is 1. The number of ether oxygens (including phenoxy) is 2. The van der Waals surface area contributed by atoms with E-state index in [1.54, 1.807) is 12.4 Å². The van der Waals surface area contributed by atoms with Crippen molar-refractivity contribution in [2.45, 2.75) is 31.0 Å². The van der Waals surface area contributed by atoms with Gasteiger partial charge in [-0.15, -0.1) is 0 Å². The van der Waals surface area contributed by atoms with Gasteiger partial charge in [-0.1, -0.05) is 6.07 Å². The molecule has 3 atom stereocenters. The zero-order valence-electron chi connectivity index (χ0n) is 10.4. The van der Waals surface area contributed by atoms with Crippen molar-refractivity contribution in [3.05, 3.63) is 30.1 Å². The molecule has 1 spiro atoms. The highest BCUT2D eigenvalue weighted by atomic mass is 16.6. The first-order valence-electron chi connectivity index (χ1n) is 6.59. The maximum Gasteiger partial charge on any atom is 0.0940 e. The molecule has 2 fully saturated rings. The summed E-state index contributed by atoms with van der Waals surface area (Å²) < 4.78 is 11.3. The Balaban J connectivity index is 1.72. The summed E-state index contributed by atoms with van der Waals surface area (Å²) in [6, 6.07) is 3.80. The predicted octanol–water partition coefficient (Wildman–Crippen LogP) is 1.70. The second-order valence-electron chi connectivity index (χ2n) is 5.32. The molecular formula is C14H19NO3. The molecule has 2 aliphatic heterocycles. The molecule has 3 unspecified atom stereocenters. The van der Waals surface area contributed by atoms with E-state index in [1.807, 2.05) is 12.1 Å². The molecule has 1 aromatic heterocycles. The molecule has 0 amide bonds. The topological polar surface area (TPSA) is 51.6 Å². The first-order chi connectivity index (χ1) is 8.79.